The van der Waals surface area contributed by atoms with Crippen molar-refractivity contribution in [2.75, 3.05) is 6.54 Å². The van der Waals surface area contributed by atoms with Crippen molar-refractivity contribution in [2.24, 2.45) is 0 Å². The van der Waals surface area contributed by atoms with Crippen LogP contribution in [0.4, 0.5) is 4.39 Å². The fourth-order valence-corrected chi connectivity index (χ4v) is 3.56. The molecule has 152 valence electrons. The number of amides is 2. The van der Waals surface area contributed by atoms with E-state index in [4.69, 9.17) is 11.6 Å². The highest BCUT2D eigenvalue weighted by Gasteiger charge is 2.33. The summed E-state index contributed by atoms with van der Waals surface area (Å²) in [6.07, 6.45) is 3.25. The summed E-state index contributed by atoms with van der Waals surface area (Å²) >= 11 is 6.00. The molecule has 0 radical (unpaired) electrons. The van der Waals surface area contributed by atoms with Crippen LogP contribution in [-0.4, -0.2) is 39.3 Å². The maximum atomic E-state index is 13.4. The Balaban J connectivity index is 1.38. The minimum atomic E-state index is -0.598. The maximum absolute atomic E-state index is 13.4. The van der Waals surface area contributed by atoms with Gasteiger partial charge in [-0.1, -0.05) is 35.9 Å². The largest absolute Gasteiger partial charge is 0.340 e. The van der Waals surface area contributed by atoms with Gasteiger partial charge in [0.25, 0.3) is 5.91 Å². The first kappa shape index (κ1) is 20.0. The first-order valence-corrected chi connectivity index (χ1v) is 9.79. The summed E-state index contributed by atoms with van der Waals surface area (Å²) in [4.78, 5) is 35.1. The SMILES string of the molecule is O=C(NC1CCN(Cc2cccc(Cl)c2)C1=O)c1cnc(-c2cccc(F)c2)nc1. The van der Waals surface area contributed by atoms with Crippen LogP contribution in [0, 0.1) is 5.82 Å². The second-order valence-corrected chi connectivity index (χ2v) is 7.45. The maximum Gasteiger partial charge on any atom is 0.255 e. The third kappa shape index (κ3) is 4.46. The number of carbonyl (C=O) groups is 2. The van der Waals surface area contributed by atoms with Crippen molar-refractivity contribution in [3.8, 4) is 11.4 Å². The second-order valence-electron chi connectivity index (χ2n) is 7.01. The van der Waals surface area contributed by atoms with E-state index in [1.807, 2.05) is 18.2 Å². The van der Waals surface area contributed by atoms with Crippen LogP contribution in [0.1, 0.15) is 22.3 Å². The smallest absolute Gasteiger partial charge is 0.255 e. The van der Waals surface area contributed by atoms with Gasteiger partial charge in [-0.15, -0.1) is 0 Å². The molecule has 1 atom stereocenters. The van der Waals surface area contributed by atoms with Gasteiger partial charge in [0.15, 0.2) is 5.82 Å². The summed E-state index contributed by atoms with van der Waals surface area (Å²) in [6.45, 7) is 0.989. The average molecular weight is 425 g/mol. The van der Waals surface area contributed by atoms with Gasteiger partial charge in [-0.2, -0.15) is 0 Å². The van der Waals surface area contributed by atoms with Crippen LogP contribution < -0.4 is 5.32 Å². The van der Waals surface area contributed by atoms with Crippen molar-refractivity contribution in [3.63, 3.8) is 0 Å². The lowest BCUT2D eigenvalue weighted by Crippen LogP contribution is -2.41. The van der Waals surface area contributed by atoms with Crippen molar-refractivity contribution in [2.45, 2.75) is 19.0 Å². The second kappa shape index (κ2) is 8.59. The Morgan fingerprint density at radius 2 is 1.93 bits per heavy atom. The Bertz CT molecular complexity index is 1090. The van der Waals surface area contributed by atoms with E-state index >= 15 is 0 Å². The first-order chi connectivity index (χ1) is 14.5. The molecule has 2 amide bonds. The zero-order valence-electron chi connectivity index (χ0n) is 15.9. The van der Waals surface area contributed by atoms with E-state index in [2.05, 4.69) is 15.3 Å². The van der Waals surface area contributed by atoms with Crippen molar-refractivity contribution >= 4 is 23.4 Å². The van der Waals surface area contributed by atoms with Gasteiger partial charge < -0.3 is 10.2 Å². The minimum absolute atomic E-state index is 0.138. The number of carbonyl (C=O) groups excluding carboxylic acids is 2. The molecule has 1 aliphatic rings. The Morgan fingerprint density at radius 1 is 1.17 bits per heavy atom. The van der Waals surface area contributed by atoms with Crippen molar-refractivity contribution < 1.29 is 14.0 Å². The monoisotopic (exact) mass is 424 g/mol. The van der Waals surface area contributed by atoms with Gasteiger partial charge in [0.2, 0.25) is 5.91 Å². The zero-order valence-corrected chi connectivity index (χ0v) is 16.6. The standard InChI is InChI=1S/C22H18ClFN4O2/c23-17-5-1-3-14(9-17)13-28-8-7-19(22(28)30)27-21(29)16-11-25-20(26-12-16)15-4-2-6-18(24)10-15/h1-6,9-12,19H,7-8,13H2,(H,27,29). The number of rotatable bonds is 5. The molecule has 1 saturated heterocycles. The number of benzene rings is 2. The van der Waals surface area contributed by atoms with Crippen LogP contribution >= 0.6 is 11.6 Å². The summed E-state index contributed by atoms with van der Waals surface area (Å²) in [5, 5.41) is 3.36. The molecule has 1 aliphatic heterocycles. The van der Waals surface area contributed by atoms with Crippen LogP contribution in [-0.2, 0) is 11.3 Å². The van der Waals surface area contributed by atoms with Gasteiger partial charge in [0.05, 0.1) is 5.56 Å². The van der Waals surface area contributed by atoms with Gasteiger partial charge in [-0.25, -0.2) is 14.4 Å². The molecule has 8 heteroatoms. The predicted molar refractivity (Wildman–Crippen MR) is 110 cm³/mol. The molecule has 1 fully saturated rings. The Hall–Kier alpha value is -3.32. The third-order valence-corrected chi connectivity index (χ3v) is 5.10. The number of nitrogens with zero attached hydrogens (tertiary/aromatic N) is 3. The molecule has 30 heavy (non-hydrogen) atoms. The molecular weight excluding hydrogens is 407 g/mol. The van der Waals surface area contributed by atoms with Crippen LogP contribution in [0.3, 0.4) is 0 Å². The van der Waals surface area contributed by atoms with Crippen LogP contribution in [0.2, 0.25) is 5.02 Å². The van der Waals surface area contributed by atoms with Gasteiger partial charge in [0, 0.05) is 36.1 Å². The quantitative estimate of drug-likeness (QED) is 0.680. The predicted octanol–water partition coefficient (Wildman–Crippen LogP) is 3.47. The fraction of sp³-hybridized carbons (Fsp3) is 0.182. The summed E-state index contributed by atoms with van der Waals surface area (Å²) < 4.78 is 13.4. The number of hydrogen-bond donors (Lipinski definition) is 1. The lowest BCUT2D eigenvalue weighted by atomic mass is 10.2. The van der Waals surface area contributed by atoms with Gasteiger partial charge in [-0.3, -0.25) is 9.59 Å². The Kier molecular flexibility index (Phi) is 5.72. The van der Waals surface area contributed by atoms with E-state index in [-0.39, 0.29) is 17.3 Å². The summed E-state index contributed by atoms with van der Waals surface area (Å²) in [6, 6.07) is 12.6. The molecule has 1 N–H and O–H groups in total. The molecule has 2 heterocycles. The number of likely N-dealkylation sites (tertiary alicyclic amines) is 1. The Labute approximate surface area is 177 Å². The molecule has 3 aromatic rings. The molecule has 0 spiro atoms. The molecule has 1 aromatic heterocycles. The first-order valence-electron chi connectivity index (χ1n) is 9.42. The molecule has 0 bridgehead atoms. The van der Waals surface area contributed by atoms with Crippen molar-refractivity contribution in [1.82, 2.24) is 20.2 Å². The highest BCUT2D eigenvalue weighted by Crippen LogP contribution is 2.19. The Morgan fingerprint density at radius 3 is 2.67 bits per heavy atom. The number of hydrogen-bond acceptors (Lipinski definition) is 4. The van der Waals surface area contributed by atoms with E-state index in [0.717, 1.165) is 5.56 Å². The van der Waals surface area contributed by atoms with Gasteiger partial charge >= 0.3 is 0 Å². The summed E-state index contributed by atoms with van der Waals surface area (Å²) in [7, 11) is 0. The fourth-order valence-electron chi connectivity index (χ4n) is 3.35. The van der Waals surface area contributed by atoms with E-state index < -0.39 is 11.9 Å². The molecule has 4 rings (SSSR count). The zero-order chi connectivity index (χ0) is 21.1. The molecule has 6 nitrogen and oxygen atoms in total. The lowest BCUT2D eigenvalue weighted by Gasteiger charge is -2.17. The van der Waals surface area contributed by atoms with Crippen LogP contribution in [0.15, 0.2) is 60.9 Å². The number of nitrogens with one attached hydrogen (secondary N) is 1. The van der Waals surface area contributed by atoms with E-state index in [1.54, 1.807) is 23.1 Å². The van der Waals surface area contributed by atoms with Crippen molar-refractivity contribution in [3.05, 3.63) is 82.9 Å². The highest BCUT2D eigenvalue weighted by atomic mass is 35.5. The number of aromatic nitrogens is 2. The average Bonchev–Trinajstić information content (AvgIpc) is 3.07. The lowest BCUT2D eigenvalue weighted by molar-refractivity contribution is -0.129. The van der Waals surface area contributed by atoms with Gasteiger partial charge in [-0.05, 0) is 36.2 Å². The van der Waals surface area contributed by atoms with E-state index in [9.17, 15) is 14.0 Å². The molecule has 0 aliphatic carbocycles. The van der Waals surface area contributed by atoms with Gasteiger partial charge in [0.1, 0.15) is 11.9 Å². The minimum Gasteiger partial charge on any atom is -0.340 e. The van der Waals surface area contributed by atoms with Crippen molar-refractivity contribution in [1.29, 1.82) is 0 Å². The molecule has 0 saturated carbocycles. The topological polar surface area (TPSA) is 75.2 Å². The van der Waals surface area contributed by atoms with Crippen LogP contribution in [0.25, 0.3) is 11.4 Å². The summed E-state index contributed by atoms with van der Waals surface area (Å²) in [5.41, 5.74) is 1.69. The highest BCUT2D eigenvalue weighted by molar-refractivity contribution is 6.30. The molecule has 1 unspecified atom stereocenters. The van der Waals surface area contributed by atoms with E-state index in [1.165, 1.54) is 24.5 Å². The normalized spacial score (nSPS) is 16.0. The molecular formula is C22H18ClFN4O2. The van der Waals surface area contributed by atoms with E-state index in [0.29, 0.717) is 35.9 Å². The summed E-state index contributed by atoms with van der Waals surface area (Å²) in [5.74, 6) is -0.639. The van der Waals surface area contributed by atoms with Crippen LogP contribution in [0.5, 0.6) is 0 Å². The molecule has 2 aromatic carbocycles. The number of halogens is 2. The third-order valence-electron chi connectivity index (χ3n) is 4.86.